The molecule has 2 aromatic heterocycles. The van der Waals surface area contributed by atoms with Crippen LogP contribution < -0.4 is 10.2 Å². The van der Waals surface area contributed by atoms with Crippen LogP contribution in [0.3, 0.4) is 0 Å². The van der Waals surface area contributed by atoms with Crippen molar-refractivity contribution in [1.82, 2.24) is 10.3 Å². The molecule has 1 N–H and O–H groups in total. The molecule has 0 spiro atoms. The lowest BCUT2D eigenvalue weighted by Crippen LogP contribution is -2.29. The Balaban J connectivity index is 1.61. The molecule has 1 fully saturated rings. The van der Waals surface area contributed by atoms with Crippen molar-refractivity contribution in [3.63, 3.8) is 0 Å². The van der Waals surface area contributed by atoms with Crippen LogP contribution in [0.2, 0.25) is 0 Å². The fourth-order valence-electron chi connectivity index (χ4n) is 4.13. The molecule has 5 rings (SSSR count). The summed E-state index contributed by atoms with van der Waals surface area (Å²) in [5, 5.41) is 15.5. The smallest absolute Gasteiger partial charge is 0.280 e. The van der Waals surface area contributed by atoms with Gasteiger partial charge in [-0.15, -0.1) is 0 Å². The summed E-state index contributed by atoms with van der Waals surface area (Å²) < 4.78 is 6.25. The maximum absolute atomic E-state index is 11.5. The summed E-state index contributed by atoms with van der Waals surface area (Å²) in [7, 11) is 0. The molecule has 2 aromatic carbocycles. The van der Waals surface area contributed by atoms with E-state index >= 15 is 0 Å². The topological polar surface area (TPSA) is 84.4 Å². The van der Waals surface area contributed by atoms with Gasteiger partial charge in [-0.3, -0.25) is 15.1 Å². The van der Waals surface area contributed by atoms with Crippen LogP contribution in [-0.2, 0) is 0 Å². The van der Waals surface area contributed by atoms with Gasteiger partial charge in [-0.25, -0.2) is 0 Å². The van der Waals surface area contributed by atoms with E-state index in [-0.39, 0.29) is 17.8 Å². The Morgan fingerprint density at radius 1 is 1.03 bits per heavy atom. The highest BCUT2D eigenvalue weighted by molar-refractivity contribution is 7.80. The lowest BCUT2D eigenvalue weighted by molar-refractivity contribution is -0.384. The van der Waals surface area contributed by atoms with Crippen molar-refractivity contribution in [3.05, 3.63) is 112 Å². The number of para-hydroxylation sites is 1. The molecule has 7 nitrogen and oxygen atoms in total. The quantitative estimate of drug-likeness (QED) is 0.233. The van der Waals surface area contributed by atoms with E-state index in [0.717, 1.165) is 16.9 Å². The molecule has 3 heterocycles. The number of nitrogens with zero attached hydrogens (tertiary/aromatic N) is 3. The van der Waals surface area contributed by atoms with Gasteiger partial charge in [0.15, 0.2) is 5.11 Å². The molecule has 8 heteroatoms. The summed E-state index contributed by atoms with van der Waals surface area (Å²) >= 11 is 5.72. The Hall–Kier alpha value is -4.04. The van der Waals surface area contributed by atoms with Crippen LogP contribution in [0.1, 0.15) is 29.1 Å². The highest BCUT2D eigenvalue weighted by Crippen LogP contribution is 2.43. The van der Waals surface area contributed by atoms with Crippen molar-refractivity contribution in [2.75, 3.05) is 4.90 Å². The first-order chi connectivity index (χ1) is 16.0. The van der Waals surface area contributed by atoms with Gasteiger partial charge in [0.05, 0.1) is 22.2 Å². The maximum Gasteiger partial charge on any atom is 0.280 e. The molecule has 0 radical (unpaired) electrons. The number of nitrogens with one attached hydrogen (secondary N) is 1. The SMILES string of the molecule is Cc1ccc(N2C(=S)N[C@H](c3ccccn3)[C@@H]2c2ccc(-c3ccccc3[N+](=O)[O-])o2)cc1. The van der Waals surface area contributed by atoms with Gasteiger partial charge in [0.2, 0.25) is 0 Å². The molecule has 164 valence electrons. The van der Waals surface area contributed by atoms with Crippen molar-refractivity contribution < 1.29 is 9.34 Å². The first-order valence-corrected chi connectivity index (χ1v) is 10.8. The standard InChI is InChI=1S/C25H20N4O3S/c1-16-9-11-17(12-10-16)28-24(23(27-25(28)33)19-7-4-5-15-26-19)22-14-13-21(32-22)18-6-2-3-8-20(18)29(30)31/h2-15,23-24H,1H3,(H,27,33)/t23-,24+/m1/s1. The average Bonchev–Trinajstić information content (AvgIpc) is 3.45. The van der Waals surface area contributed by atoms with Crippen LogP contribution >= 0.6 is 12.2 Å². The van der Waals surface area contributed by atoms with Crippen molar-refractivity contribution >= 4 is 28.7 Å². The molecule has 0 bridgehead atoms. The number of furan rings is 1. The fourth-order valence-corrected chi connectivity index (χ4v) is 4.47. The van der Waals surface area contributed by atoms with Gasteiger partial charge >= 0.3 is 0 Å². The lowest BCUT2D eigenvalue weighted by Gasteiger charge is -2.26. The van der Waals surface area contributed by atoms with Crippen LogP contribution in [0.25, 0.3) is 11.3 Å². The summed E-state index contributed by atoms with van der Waals surface area (Å²) in [4.78, 5) is 17.7. The highest BCUT2D eigenvalue weighted by Gasteiger charge is 2.42. The zero-order valence-corrected chi connectivity index (χ0v) is 18.5. The minimum Gasteiger partial charge on any atom is -0.459 e. The summed E-state index contributed by atoms with van der Waals surface area (Å²) in [6.07, 6.45) is 1.74. The predicted octanol–water partition coefficient (Wildman–Crippen LogP) is 5.74. The third-order valence-electron chi connectivity index (χ3n) is 5.69. The van der Waals surface area contributed by atoms with Crippen LogP contribution in [0.5, 0.6) is 0 Å². The Morgan fingerprint density at radius 3 is 2.52 bits per heavy atom. The Bertz CT molecular complexity index is 1320. The largest absolute Gasteiger partial charge is 0.459 e. The van der Waals surface area contributed by atoms with Gasteiger partial charge in [-0.05, 0) is 61.6 Å². The minimum absolute atomic E-state index is 0.00451. The van der Waals surface area contributed by atoms with Crippen molar-refractivity contribution in [2.24, 2.45) is 0 Å². The number of hydrogen-bond donors (Lipinski definition) is 1. The highest BCUT2D eigenvalue weighted by atomic mass is 32.1. The van der Waals surface area contributed by atoms with E-state index < -0.39 is 4.92 Å². The van der Waals surface area contributed by atoms with Crippen molar-refractivity contribution in [2.45, 2.75) is 19.0 Å². The Morgan fingerprint density at radius 2 is 1.79 bits per heavy atom. The molecule has 2 atom stereocenters. The predicted molar refractivity (Wildman–Crippen MR) is 130 cm³/mol. The average molecular weight is 457 g/mol. The van der Waals surface area contributed by atoms with E-state index in [4.69, 9.17) is 16.6 Å². The van der Waals surface area contributed by atoms with E-state index in [0.29, 0.717) is 22.2 Å². The van der Waals surface area contributed by atoms with Gasteiger partial charge in [0.1, 0.15) is 17.6 Å². The second-order valence-electron chi connectivity index (χ2n) is 7.81. The molecular formula is C25H20N4O3S. The minimum atomic E-state index is -0.404. The van der Waals surface area contributed by atoms with Crippen LogP contribution in [0.15, 0.2) is 89.5 Å². The molecular weight excluding hydrogens is 436 g/mol. The number of rotatable bonds is 5. The first-order valence-electron chi connectivity index (χ1n) is 10.4. The summed E-state index contributed by atoms with van der Waals surface area (Å²) in [6, 6.07) is 23.4. The monoisotopic (exact) mass is 456 g/mol. The third-order valence-corrected chi connectivity index (χ3v) is 6.01. The molecule has 0 unspecified atom stereocenters. The molecule has 1 aliphatic rings. The molecule has 1 aliphatic heterocycles. The number of pyridine rings is 1. The summed E-state index contributed by atoms with van der Waals surface area (Å²) in [6.45, 7) is 2.03. The van der Waals surface area contributed by atoms with E-state index in [2.05, 4.69) is 10.3 Å². The van der Waals surface area contributed by atoms with E-state index in [9.17, 15) is 10.1 Å². The van der Waals surface area contributed by atoms with Crippen molar-refractivity contribution in [1.29, 1.82) is 0 Å². The molecule has 0 amide bonds. The first kappa shape index (κ1) is 20.8. The van der Waals surface area contributed by atoms with Gasteiger partial charge in [-0.1, -0.05) is 35.9 Å². The normalized spacial score (nSPS) is 17.7. The fraction of sp³-hybridized carbons (Fsp3) is 0.120. The number of thiocarbonyl (C=S) groups is 1. The molecule has 4 aromatic rings. The number of anilines is 1. The zero-order valence-electron chi connectivity index (χ0n) is 17.7. The number of nitro benzene ring substituents is 1. The van der Waals surface area contributed by atoms with Gasteiger partial charge in [0.25, 0.3) is 5.69 Å². The number of hydrogen-bond acceptors (Lipinski definition) is 5. The van der Waals surface area contributed by atoms with Gasteiger partial charge in [-0.2, -0.15) is 0 Å². The molecule has 33 heavy (non-hydrogen) atoms. The van der Waals surface area contributed by atoms with Crippen LogP contribution in [-0.4, -0.2) is 15.0 Å². The summed E-state index contributed by atoms with van der Waals surface area (Å²) in [5.41, 5.74) is 3.31. The Labute approximate surface area is 195 Å². The second-order valence-corrected chi connectivity index (χ2v) is 8.20. The van der Waals surface area contributed by atoms with E-state index in [1.165, 1.54) is 6.07 Å². The molecule has 0 aliphatic carbocycles. The molecule has 1 saturated heterocycles. The summed E-state index contributed by atoms with van der Waals surface area (Å²) in [5.74, 6) is 1.06. The second kappa shape index (κ2) is 8.48. The van der Waals surface area contributed by atoms with Crippen molar-refractivity contribution in [3.8, 4) is 11.3 Å². The lowest BCUT2D eigenvalue weighted by atomic mass is 10.0. The van der Waals surface area contributed by atoms with Crippen LogP contribution in [0, 0.1) is 17.0 Å². The number of aromatic nitrogens is 1. The zero-order chi connectivity index (χ0) is 22.9. The van der Waals surface area contributed by atoms with Gasteiger partial charge < -0.3 is 14.6 Å². The molecule has 0 saturated carbocycles. The van der Waals surface area contributed by atoms with Crippen LogP contribution in [0.4, 0.5) is 11.4 Å². The Kier molecular flexibility index (Phi) is 5.35. The number of nitro groups is 1. The van der Waals surface area contributed by atoms with E-state index in [1.807, 2.05) is 60.4 Å². The number of benzene rings is 2. The third kappa shape index (κ3) is 3.85. The number of aryl methyl sites for hydroxylation is 1. The maximum atomic E-state index is 11.5. The van der Waals surface area contributed by atoms with Gasteiger partial charge in [0, 0.05) is 18.0 Å². The van der Waals surface area contributed by atoms with E-state index in [1.54, 1.807) is 30.5 Å².